The van der Waals surface area contributed by atoms with E-state index in [0.717, 1.165) is 37.0 Å². The minimum atomic E-state index is -0.459. The quantitative estimate of drug-likeness (QED) is 0.865. The van der Waals surface area contributed by atoms with Crippen molar-refractivity contribution in [1.82, 2.24) is 0 Å². The zero-order valence-electron chi connectivity index (χ0n) is 12.1. The summed E-state index contributed by atoms with van der Waals surface area (Å²) in [5, 5.41) is 10.1. The molecular formula is C17H24O3. The van der Waals surface area contributed by atoms with Crippen LogP contribution in [0.15, 0.2) is 35.9 Å². The van der Waals surface area contributed by atoms with Gasteiger partial charge in [-0.15, -0.1) is 0 Å². The average Bonchev–Trinajstić information content (AvgIpc) is 2.52. The van der Waals surface area contributed by atoms with Crippen LogP contribution in [0.25, 0.3) is 6.08 Å². The Kier molecular flexibility index (Phi) is 6.25. The third-order valence-corrected chi connectivity index (χ3v) is 3.54. The Morgan fingerprint density at radius 3 is 2.85 bits per heavy atom. The molecule has 2 rings (SSSR count). The lowest BCUT2D eigenvalue weighted by Crippen LogP contribution is -2.25. The van der Waals surface area contributed by atoms with Crippen molar-refractivity contribution in [1.29, 1.82) is 0 Å². The smallest absolute Gasteiger partial charge is 0.158 e. The van der Waals surface area contributed by atoms with Gasteiger partial charge in [0.05, 0.1) is 12.7 Å². The lowest BCUT2D eigenvalue weighted by atomic mass is 10.0. The summed E-state index contributed by atoms with van der Waals surface area (Å²) in [7, 11) is 0. The van der Waals surface area contributed by atoms with Gasteiger partial charge in [0.15, 0.2) is 6.29 Å². The van der Waals surface area contributed by atoms with Crippen molar-refractivity contribution in [2.45, 2.75) is 45.0 Å². The van der Waals surface area contributed by atoms with E-state index in [2.05, 4.69) is 0 Å². The lowest BCUT2D eigenvalue weighted by Gasteiger charge is -2.24. The van der Waals surface area contributed by atoms with E-state index in [-0.39, 0.29) is 6.29 Å². The Hall–Kier alpha value is -1.16. The first kappa shape index (κ1) is 15.2. The average molecular weight is 276 g/mol. The van der Waals surface area contributed by atoms with Gasteiger partial charge in [0.1, 0.15) is 0 Å². The van der Waals surface area contributed by atoms with Gasteiger partial charge in [-0.25, -0.2) is 0 Å². The SMILES string of the molecule is CCC(O)/C(=C/c1ccccc1)COC1CCCCO1. The molecule has 0 aromatic heterocycles. The van der Waals surface area contributed by atoms with Crippen LogP contribution in [0.4, 0.5) is 0 Å². The van der Waals surface area contributed by atoms with Crippen LogP contribution in [0.2, 0.25) is 0 Å². The zero-order chi connectivity index (χ0) is 14.2. The summed E-state index contributed by atoms with van der Waals surface area (Å²) in [4.78, 5) is 0. The maximum Gasteiger partial charge on any atom is 0.158 e. The number of rotatable bonds is 6. The van der Waals surface area contributed by atoms with Crippen molar-refractivity contribution in [3.63, 3.8) is 0 Å². The number of ether oxygens (including phenoxy) is 2. The standard InChI is InChI=1S/C17H24O3/c1-2-16(18)15(12-14-8-4-3-5-9-14)13-20-17-10-6-7-11-19-17/h3-5,8-9,12,16-18H,2,6-7,10-11,13H2,1H3/b15-12+. The fraction of sp³-hybridized carbons (Fsp3) is 0.529. The van der Waals surface area contributed by atoms with Crippen LogP contribution in [0.5, 0.6) is 0 Å². The van der Waals surface area contributed by atoms with E-state index in [0.29, 0.717) is 13.0 Å². The molecule has 1 N–H and O–H groups in total. The van der Waals surface area contributed by atoms with Crippen molar-refractivity contribution < 1.29 is 14.6 Å². The third kappa shape index (κ3) is 4.75. The van der Waals surface area contributed by atoms with E-state index >= 15 is 0 Å². The van der Waals surface area contributed by atoms with Crippen LogP contribution in [-0.2, 0) is 9.47 Å². The van der Waals surface area contributed by atoms with Crippen LogP contribution >= 0.6 is 0 Å². The van der Waals surface area contributed by atoms with E-state index in [4.69, 9.17) is 9.47 Å². The van der Waals surface area contributed by atoms with Gasteiger partial charge in [0.25, 0.3) is 0 Å². The molecule has 3 heteroatoms. The first-order chi connectivity index (χ1) is 9.79. The Labute approximate surface area is 121 Å². The van der Waals surface area contributed by atoms with E-state index in [9.17, 15) is 5.11 Å². The molecule has 1 aromatic rings. The molecule has 1 aromatic carbocycles. The molecule has 0 radical (unpaired) electrons. The first-order valence-electron chi connectivity index (χ1n) is 7.46. The molecule has 1 heterocycles. The highest BCUT2D eigenvalue weighted by molar-refractivity contribution is 5.53. The Morgan fingerprint density at radius 1 is 1.40 bits per heavy atom. The van der Waals surface area contributed by atoms with Crippen molar-refractivity contribution >= 4 is 6.08 Å². The largest absolute Gasteiger partial charge is 0.389 e. The van der Waals surface area contributed by atoms with Gasteiger partial charge in [-0.1, -0.05) is 43.3 Å². The van der Waals surface area contributed by atoms with E-state index < -0.39 is 6.10 Å². The molecule has 110 valence electrons. The van der Waals surface area contributed by atoms with E-state index in [1.807, 2.05) is 43.3 Å². The van der Waals surface area contributed by atoms with Gasteiger partial charge in [-0.3, -0.25) is 0 Å². The highest BCUT2D eigenvalue weighted by Crippen LogP contribution is 2.18. The number of hydrogen-bond donors (Lipinski definition) is 1. The molecule has 2 unspecified atom stereocenters. The molecule has 0 bridgehead atoms. The summed E-state index contributed by atoms with van der Waals surface area (Å²) in [5.74, 6) is 0. The molecule has 0 spiro atoms. The van der Waals surface area contributed by atoms with Crippen LogP contribution < -0.4 is 0 Å². The second-order valence-electron chi connectivity index (χ2n) is 5.16. The van der Waals surface area contributed by atoms with Crippen molar-refractivity contribution in [3.8, 4) is 0 Å². The van der Waals surface area contributed by atoms with Gasteiger partial charge in [-0.2, -0.15) is 0 Å². The molecule has 0 aliphatic carbocycles. The molecular weight excluding hydrogens is 252 g/mol. The first-order valence-corrected chi connectivity index (χ1v) is 7.46. The van der Waals surface area contributed by atoms with Crippen LogP contribution in [-0.4, -0.2) is 30.7 Å². The normalized spacial score (nSPS) is 21.7. The monoisotopic (exact) mass is 276 g/mol. The molecule has 1 fully saturated rings. The molecule has 20 heavy (non-hydrogen) atoms. The number of aliphatic hydroxyl groups excluding tert-OH is 1. The minimum Gasteiger partial charge on any atom is -0.389 e. The summed E-state index contributed by atoms with van der Waals surface area (Å²) in [6.45, 7) is 3.17. The second-order valence-corrected chi connectivity index (χ2v) is 5.16. The van der Waals surface area contributed by atoms with Crippen LogP contribution in [0.3, 0.4) is 0 Å². The van der Waals surface area contributed by atoms with Gasteiger partial charge in [0.2, 0.25) is 0 Å². The summed E-state index contributed by atoms with van der Waals surface area (Å²) in [6.07, 6.45) is 5.33. The van der Waals surface area contributed by atoms with Crippen molar-refractivity contribution in [3.05, 3.63) is 41.5 Å². The predicted octanol–water partition coefficient (Wildman–Crippen LogP) is 3.38. The van der Waals surface area contributed by atoms with Crippen LogP contribution in [0.1, 0.15) is 38.2 Å². The van der Waals surface area contributed by atoms with Crippen LogP contribution in [0, 0.1) is 0 Å². The molecule has 3 nitrogen and oxygen atoms in total. The highest BCUT2D eigenvalue weighted by Gasteiger charge is 2.16. The second kappa shape index (κ2) is 8.20. The van der Waals surface area contributed by atoms with Crippen molar-refractivity contribution in [2.24, 2.45) is 0 Å². The van der Waals surface area contributed by atoms with E-state index in [1.54, 1.807) is 0 Å². The molecule has 0 amide bonds. The van der Waals surface area contributed by atoms with E-state index in [1.165, 1.54) is 0 Å². The molecule has 0 saturated carbocycles. The third-order valence-electron chi connectivity index (χ3n) is 3.54. The van der Waals surface area contributed by atoms with Gasteiger partial charge in [0, 0.05) is 6.61 Å². The summed E-state index contributed by atoms with van der Waals surface area (Å²) in [5.41, 5.74) is 2.00. The van der Waals surface area contributed by atoms with Gasteiger partial charge in [-0.05, 0) is 36.8 Å². The van der Waals surface area contributed by atoms with Gasteiger partial charge >= 0.3 is 0 Å². The topological polar surface area (TPSA) is 38.7 Å². The zero-order valence-corrected chi connectivity index (χ0v) is 12.1. The maximum atomic E-state index is 10.1. The fourth-order valence-electron chi connectivity index (χ4n) is 2.29. The summed E-state index contributed by atoms with van der Waals surface area (Å²) in [6, 6.07) is 10.0. The molecule has 1 aliphatic heterocycles. The van der Waals surface area contributed by atoms with Crippen molar-refractivity contribution in [2.75, 3.05) is 13.2 Å². The fourth-order valence-corrected chi connectivity index (χ4v) is 2.29. The Bertz CT molecular complexity index is 408. The predicted molar refractivity (Wildman–Crippen MR) is 80.3 cm³/mol. The molecule has 2 atom stereocenters. The molecule has 1 saturated heterocycles. The summed E-state index contributed by atoms with van der Waals surface area (Å²) >= 11 is 0. The number of aliphatic hydroxyl groups is 1. The minimum absolute atomic E-state index is 0.119. The lowest BCUT2D eigenvalue weighted by molar-refractivity contribution is -0.158. The Morgan fingerprint density at radius 2 is 2.20 bits per heavy atom. The van der Waals surface area contributed by atoms with Gasteiger partial charge < -0.3 is 14.6 Å². The molecule has 1 aliphatic rings. The maximum absolute atomic E-state index is 10.1. The number of benzene rings is 1. The highest BCUT2D eigenvalue weighted by atomic mass is 16.7. The number of hydrogen-bond acceptors (Lipinski definition) is 3. The summed E-state index contributed by atoms with van der Waals surface area (Å²) < 4.78 is 11.4. The Balaban J connectivity index is 1.98.